The van der Waals surface area contributed by atoms with Crippen LogP contribution in [0.5, 0.6) is 0 Å². The third-order valence-corrected chi connectivity index (χ3v) is 4.26. The summed E-state index contributed by atoms with van der Waals surface area (Å²) in [5, 5.41) is 4.94. The van der Waals surface area contributed by atoms with Crippen molar-refractivity contribution in [3.05, 3.63) is 16.9 Å². The van der Waals surface area contributed by atoms with Gasteiger partial charge < -0.3 is 15.4 Å². The van der Waals surface area contributed by atoms with Crippen LogP contribution in [0.15, 0.2) is 6.20 Å². The smallest absolute Gasteiger partial charge is 0.0834 e. The van der Waals surface area contributed by atoms with Gasteiger partial charge in [-0.3, -0.25) is 9.58 Å². The molecule has 1 aliphatic heterocycles. The number of hydrogen-bond acceptors (Lipinski definition) is 5. The van der Waals surface area contributed by atoms with Crippen molar-refractivity contribution in [2.75, 3.05) is 47.4 Å². The van der Waals surface area contributed by atoms with Crippen LogP contribution in [0.1, 0.15) is 11.7 Å². The van der Waals surface area contributed by atoms with Gasteiger partial charge in [0.05, 0.1) is 36.1 Å². The van der Waals surface area contributed by atoms with E-state index in [2.05, 4.69) is 29.0 Å². The maximum Gasteiger partial charge on any atom is 0.0834 e. The number of ether oxygens (including phenoxy) is 1. The zero-order valence-electron chi connectivity index (χ0n) is 12.4. The first kappa shape index (κ1) is 15.7. The molecule has 0 aliphatic carbocycles. The molecule has 7 heteroatoms. The van der Waals surface area contributed by atoms with Crippen LogP contribution in [0.4, 0.5) is 0 Å². The summed E-state index contributed by atoms with van der Waals surface area (Å²) in [4.78, 5) is 4.60. The molecule has 6 nitrogen and oxygen atoms in total. The lowest BCUT2D eigenvalue weighted by Crippen LogP contribution is -2.54. The fraction of sp³-hybridized carbons (Fsp3) is 0.769. The number of piperazine rings is 1. The summed E-state index contributed by atoms with van der Waals surface area (Å²) in [5.74, 6) is 0. The molecule has 0 bridgehead atoms. The van der Waals surface area contributed by atoms with E-state index >= 15 is 0 Å². The van der Waals surface area contributed by atoms with E-state index in [9.17, 15) is 0 Å². The monoisotopic (exact) mass is 301 g/mol. The molecule has 2 unspecified atom stereocenters. The molecule has 114 valence electrons. The van der Waals surface area contributed by atoms with Gasteiger partial charge in [0.2, 0.25) is 0 Å². The zero-order valence-corrected chi connectivity index (χ0v) is 13.2. The van der Waals surface area contributed by atoms with Crippen LogP contribution in [-0.4, -0.2) is 73.1 Å². The third-order valence-electron chi connectivity index (χ3n) is 3.97. The predicted molar refractivity (Wildman–Crippen MR) is 80.0 cm³/mol. The first-order chi connectivity index (χ1) is 9.54. The average molecular weight is 302 g/mol. The summed E-state index contributed by atoms with van der Waals surface area (Å²) >= 11 is 6.29. The Morgan fingerprint density at radius 1 is 1.50 bits per heavy atom. The van der Waals surface area contributed by atoms with Gasteiger partial charge in [0.1, 0.15) is 0 Å². The van der Waals surface area contributed by atoms with Gasteiger partial charge in [0.25, 0.3) is 0 Å². The minimum atomic E-state index is -0.158. The number of halogens is 1. The molecule has 1 aromatic rings. The van der Waals surface area contributed by atoms with E-state index in [0.29, 0.717) is 18.2 Å². The molecular weight excluding hydrogens is 278 g/mol. The standard InChI is InChI=1S/C13H24ClN5O/c1-17-4-5-18(2)11(9-17)12(15)13-10(14)8-16-19(13)6-7-20-3/h8,11-12H,4-7,9,15H2,1-3H3. The highest BCUT2D eigenvalue weighted by Crippen LogP contribution is 2.27. The number of methoxy groups -OCH3 is 1. The van der Waals surface area contributed by atoms with E-state index in [1.807, 2.05) is 4.68 Å². The SMILES string of the molecule is COCCn1ncc(Cl)c1C(N)C1CN(C)CCN1C. The van der Waals surface area contributed by atoms with Crippen molar-refractivity contribution in [3.63, 3.8) is 0 Å². The van der Waals surface area contributed by atoms with Gasteiger partial charge in [-0.2, -0.15) is 5.10 Å². The van der Waals surface area contributed by atoms with Gasteiger partial charge in [-0.05, 0) is 14.1 Å². The Hall–Kier alpha value is -0.660. The maximum absolute atomic E-state index is 6.49. The Morgan fingerprint density at radius 2 is 2.25 bits per heavy atom. The Morgan fingerprint density at radius 3 is 2.95 bits per heavy atom. The van der Waals surface area contributed by atoms with Gasteiger partial charge in [-0.15, -0.1) is 0 Å². The highest BCUT2D eigenvalue weighted by atomic mass is 35.5. The average Bonchev–Trinajstić information content (AvgIpc) is 2.79. The van der Waals surface area contributed by atoms with Crippen LogP contribution in [0.25, 0.3) is 0 Å². The molecule has 2 rings (SSSR count). The number of nitrogens with two attached hydrogens (primary N) is 1. The molecule has 2 heterocycles. The highest BCUT2D eigenvalue weighted by Gasteiger charge is 2.31. The Bertz CT molecular complexity index is 438. The molecule has 0 saturated carbocycles. The highest BCUT2D eigenvalue weighted by molar-refractivity contribution is 6.31. The second kappa shape index (κ2) is 6.87. The lowest BCUT2D eigenvalue weighted by atomic mass is 10.0. The van der Waals surface area contributed by atoms with E-state index in [-0.39, 0.29) is 12.1 Å². The van der Waals surface area contributed by atoms with E-state index < -0.39 is 0 Å². The fourth-order valence-electron chi connectivity index (χ4n) is 2.67. The summed E-state index contributed by atoms with van der Waals surface area (Å²) in [5.41, 5.74) is 7.38. The van der Waals surface area contributed by atoms with Crippen molar-refractivity contribution in [1.29, 1.82) is 0 Å². The molecule has 1 saturated heterocycles. The molecular formula is C13H24ClN5O. The lowest BCUT2D eigenvalue weighted by Gasteiger charge is -2.40. The third kappa shape index (κ3) is 3.32. The topological polar surface area (TPSA) is 59.6 Å². The van der Waals surface area contributed by atoms with Crippen LogP contribution in [-0.2, 0) is 11.3 Å². The number of nitrogens with zero attached hydrogens (tertiary/aromatic N) is 4. The lowest BCUT2D eigenvalue weighted by molar-refractivity contribution is 0.0946. The van der Waals surface area contributed by atoms with E-state index in [1.165, 1.54) is 0 Å². The molecule has 0 aromatic carbocycles. The Kier molecular flexibility index (Phi) is 5.40. The van der Waals surface area contributed by atoms with Gasteiger partial charge >= 0.3 is 0 Å². The number of hydrogen-bond donors (Lipinski definition) is 1. The largest absolute Gasteiger partial charge is 0.383 e. The molecule has 2 N–H and O–H groups in total. The van der Waals surface area contributed by atoms with Gasteiger partial charge in [0.15, 0.2) is 0 Å². The molecule has 0 amide bonds. The summed E-state index contributed by atoms with van der Waals surface area (Å²) in [6.45, 7) is 4.27. The van der Waals surface area contributed by atoms with Crippen molar-refractivity contribution in [3.8, 4) is 0 Å². The van der Waals surface area contributed by atoms with E-state index in [4.69, 9.17) is 22.1 Å². The molecule has 1 aliphatic rings. The minimum absolute atomic E-state index is 0.158. The summed E-state index contributed by atoms with van der Waals surface area (Å²) < 4.78 is 6.97. The molecule has 1 fully saturated rings. The fourth-order valence-corrected chi connectivity index (χ4v) is 2.94. The van der Waals surface area contributed by atoms with Crippen molar-refractivity contribution < 1.29 is 4.74 Å². The van der Waals surface area contributed by atoms with Crippen LogP contribution in [0.2, 0.25) is 5.02 Å². The van der Waals surface area contributed by atoms with Crippen molar-refractivity contribution in [2.45, 2.75) is 18.6 Å². The molecule has 1 aromatic heterocycles. The second-order valence-electron chi connectivity index (χ2n) is 5.43. The number of likely N-dealkylation sites (N-methyl/N-ethyl adjacent to an activating group) is 2. The molecule has 0 spiro atoms. The summed E-state index contributed by atoms with van der Waals surface area (Å²) in [7, 11) is 5.91. The van der Waals surface area contributed by atoms with Gasteiger partial charge in [-0.1, -0.05) is 11.6 Å². The second-order valence-corrected chi connectivity index (χ2v) is 5.84. The predicted octanol–water partition coefficient (Wildman–Crippen LogP) is 0.429. The van der Waals surface area contributed by atoms with Crippen LogP contribution >= 0.6 is 11.6 Å². The van der Waals surface area contributed by atoms with E-state index in [0.717, 1.165) is 25.3 Å². The Balaban J connectivity index is 2.18. The quantitative estimate of drug-likeness (QED) is 0.854. The number of rotatable bonds is 5. The zero-order chi connectivity index (χ0) is 14.7. The summed E-state index contributed by atoms with van der Waals surface area (Å²) in [6.07, 6.45) is 1.67. The van der Waals surface area contributed by atoms with Gasteiger partial charge in [-0.25, -0.2) is 0 Å². The normalized spacial score (nSPS) is 23.1. The Labute approximate surface area is 125 Å². The van der Waals surface area contributed by atoms with Crippen molar-refractivity contribution in [2.24, 2.45) is 5.73 Å². The first-order valence-electron chi connectivity index (χ1n) is 6.89. The first-order valence-corrected chi connectivity index (χ1v) is 7.27. The van der Waals surface area contributed by atoms with Gasteiger partial charge in [0, 0.05) is 32.8 Å². The van der Waals surface area contributed by atoms with Crippen LogP contribution in [0.3, 0.4) is 0 Å². The van der Waals surface area contributed by atoms with Crippen molar-refractivity contribution in [1.82, 2.24) is 19.6 Å². The number of aromatic nitrogens is 2. The molecule has 0 radical (unpaired) electrons. The maximum atomic E-state index is 6.49. The molecule has 2 atom stereocenters. The summed E-state index contributed by atoms with van der Waals surface area (Å²) in [6, 6.07) is 0.0823. The van der Waals surface area contributed by atoms with Crippen LogP contribution < -0.4 is 5.73 Å². The minimum Gasteiger partial charge on any atom is -0.383 e. The van der Waals surface area contributed by atoms with E-state index in [1.54, 1.807) is 13.3 Å². The van der Waals surface area contributed by atoms with Crippen LogP contribution in [0, 0.1) is 0 Å². The molecule has 20 heavy (non-hydrogen) atoms. The van der Waals surface area contributed by atoms with Crippen molar-refractivity contribution >= 4 is 11.6 Å².